The summed E-state index contributed by atoms with van der Waals surface area (Å²) >= 11 is 0. The Morgan fingerprint density at radius 1 is 0.861 bits per heavy atom. The largest absolute Gasteiger partial charge is 0.494 e. The van der Waals surface area contributed by atoms with Gasteiger partial charge in [-0.25, -0.2) is 18.7 Å². The second-order valence-electron chi connectivity index (χ2n) is 8.62. The van der Waals surface area contributed by atoms with Crippen molar-refractivity contribution in [1.82, 2.24) is 20.2 Å². The smallest absolute Gasteiger partial charge is 0.176 e. The first kappa shape index (κ1) is 23.9. The molecule has 4 aromatic rings. The van der Waals surface area contributed by atoms with Crippen LogP contribution in [0.15, 0.2) is 54.9 Å². The second kappa shape index (κ2) is 10.4. The highest BCUT2D eigenvalue weighted by Gasteiger charge is 2.21. The average molecular weight is 492 g/mol. The number of rotatable bonds is 7. The van der Waals surface area contributed by atoms with Crippen LogP contribution in [0.25, 0.3) is 21.9 Å². The van der Waals surface area contributed by atoms with Crippen molar-refractivity contribution < 1.29 is 18.3 Å². The summed E-state index contributed by atoms with van der Waals surface area (Å²) < 4.78 is 40.0. The van der Waals surface area contributed by atoms with Crippen molar-refractivity contribution >= 4 is 22.4 Å². The standard InChI is InChI=1S/C27H27F2N5O2/c1-35-21-13-22(36-2)27(29)25(26(21)28)19-5-4-18-12-24(32-15-20(18)11-19)33-23-6-3-17(14-31-23)16-34-9-7-30-8-10-34/h3-6,11-15,30H,7-10,16H2,1-2H3,(H,31,32,33). The van der Waals surface area contributed by atoms with E-state index in [2.05, 4.69) is 31.6 Å². The molecule has 0 unspecified atom stereocenters. The fourth-order valence-electron chi connectivity index (χ4n) is 4.36. The van der Waals surface area contributed by atoms with Crippen molar-refractivity contribution in [3.8, 4) is 22.6 Å². The summed E-state index contributed by atoms with van der Waals surface area (Å²) in [6, 6.07) is 12.2. The number of pyridine rings is 2. The lowest BCUT2D eigenvalue weighted by Gasteiger charge is -2.27. The molecule has 1 saturated heterocycles. The molecule has 7 nitrogen and oxygen atoms in total. The van der Waals surface area contributed by atoms with Crippen LogP contribution in [0.4, 0.5) is 20.4 Å². The van der Waals surface area contributed by atoms with Gasteiger partial charge in [-0.05, 0) is 34.7 Å². The Kier molecular flexibility index (Phi) is 6.92. The van der Waals surface area contributed by atoms with Gasteiger partial charge in [0, 0.05) is 56.6 Å². The van der Waals surface area contributed by atoms with Crippen LogP contribution in [0.3, 0.4) is 0 Å². The van der Waals surface area contributed by atoms with Crippen LogP contribution >= 0.6 is 0 Å². The normalized spacial score (nSPS) is 14.1. The molecule has 0 bridgehead atoms. The van der Waals surface area contributed by atoms with E-state index in [1.165, 1.54) is 20.3 Å². The first-order valence-electron chi connectivity index (χ1n) is 11.7. The summed E-state index contributed by atoms with van der Waals surface area (Å²) in [6.45, 7) is 4.98. The van der Waals surface area contributed by atoms with E-state index in [9.17, 15) is 8.78 Å². The minimum atomic E-state index is -0.784. The third-order valence-corrected chi connectivity index (χ3v) is 6.28. The second-order valence-corrected chi connectivity index (χ2v) is 8.62. The van der Waals surface area contributed by atoms with Crippen molar-refractivity contribution in [1.29, 1.82) is 0 Å². The Balaban J connectivity index is 1.36. The molecule has 2 N–H and O–H groups in total. The van der Waals surface area contributed by atoms with Crippen LogP contribution in [0.2, 0.25) is 0 Å². The van der Waals surface area contributed by atoms with Gasteiger partial charge in [0.15, 0.2) is 23.1 Å². The molecule has 3 heterocycles. The zero-order valence-corrected chi connectivity index (χ0v) is 20.1. The van der Waals surface area contributed by atoms with Crippen LogP contribution in [0, 0.1) is 11.6 Å². The maximum Gasteiger partial charge on any atom is 0.176 e. The molecular weight excluding hydrogens is 464 g/mol. The first-order valence-corrected chi connectivity index (χ1v) is 11.7. The molecule has 0 atom stereocenters. The number of halogens is 2. The monoisotopic (exact) mass is 491 g/mol. The number of nitrogens with one attached hydrogen (secondary N) is 2. The van der Waals surface area contributed by atoms with Gasteiger partial charge in [-0.1, -0.05) is 18.2 Å². The molecule has 0 radical (unpaired) electrons. The average Bonchev–Trinajstić information content (AvgIpc) is 2.91. The highest BCUT2D eigenvalue weighted by molar-refractivity contribution is 5.89. The lowest BCUT2D eigenvalue weighted by atomic mass is 10.0. The Bertz CT molecular complexity index is 1350. The number of fused-ring (bicyclic) bond motifs is 1. The fourth-order valence-corrected chi connectivity index (χ4v) is 4.36. The first-order chi connectivity index (χ1) is 17.6. The Hall–Kier alpha value is -3.82. The fraction of sp³-hybridized carbons (Fsp3) is 0.259. The predicted molar refractivity (Wildman–Crippen MR) is 136 cm³/mol. The predicted octanol–water partition coefficient (Wildman–Crippen LogP) is 4.74. The number of anilines is 2. The van der Waals surface area contributed by atoms with Crippen molar-refractivity contribution in [2.75, 3.05) is 45.7 Å². The third-order valence-electron chi connectivity index (χ3n) is 6.28. The minimum absolute atomic E-state index is 0.0903. The van der Waals surface area contributed by atoms with Gasteiger partial charge < -0.3 is 20.1 Å². The lowest BCUT2D eigenvalue weighted by Crippen LogP contribution is -2.42. The molecule has 0 amide bonds. The number of ether oxygens (including phenoxy) is 2. The van der Waals surface area contributed by atoms with Gasteiger partial charge in [0.25, 0.3) is 0 Å². The van der Waals surface area contributed by atoms with Crippen molar-refractivity contribution in [2.45, 2.75) is 6.54 Å². The van der Waals surface area contributed by atoms with Crippen LogP contribution in [0.1, 0.15) is 5.56 Å². The molecule has 1 aliphatic rings. The summed E-state index contributed by atoms with van der Waals surface area (Å²) in [5, 5.41) is 8.18. The van der Waals surface area contributed by atoms with Crippen LogP contribution in [-0.4, -0.2) is 55.3 Å². The summed E-state index contributed by atoms with van der Waals surface area (Å²) in [6.07, 6.45) is 3.54. The molecule has 1 aliphatic heterocycles. The zero-order chi connectivity index (χ0) is 25.1. The van der Waals surface area contributed by atoms with E-state index in [-0.39, 0.29) is 17.1 Å². The molecule has 5 rings (SSSR count). The van der Waals surface area contributed by atoms with Crippen molar-refractivity contribution in [3.05, 3.63) is 72.1 Å². The minimum Gasteiger partial charge on any atom is -0.494 e. The molecule has 1 fully saturated rings. The van der Waals surface area contributed by atoms with Crippen LogP contribution in [0.5, 0.6) is 11.5 Å². The van der Waals surface area contributed by atoms with Gasteiger partial charge in [-0.3, -0.25) is 4.90 Å². The number of methoxy groups -OCH3 is 2. The van der Waals surface area contributed by atoms with Crippen molar-refractivity contribution in [2.24, 2.45) is 0 Å². The van der Waals surface area contributed by atoms with Gasteiger partial charge in [0.05, 0.1) is 19.8 Å². The quantitative estimate of drug-likeness (QED) is 0.387. The molecule has 2 aromatic carbocycles. The Morgan fingerprint density at radius 3 is 2.25 bits per heavy atom. The number of aromatic nitrogens is 2. The van der Waals surface area contributed by atoms with Crippen LogP contribution < -0.4 is 20.1 Å². The molecule has 2 aromatic heterocycles. The van der Waals surface area contributed by atoms with Crippen molar-refractivity contribution in [3.63, 3.8) is 0 Å². The Labute approximate surface area is 208 Å². The van der Waals surface area contributed by atoms with Crippen LogP contribution in [-0.2, 0) is 6.54 Å². The summed E-state index contributed by atoms with van der Waals surface area (Å²) in [5.41, 5.74) is 1.31. The van der Waals surface area contributed by atoms with E-state index >= 15 is 0 Å². The maximum atomic E-state index is 14.9. The molecule has 36 heavy (non-hydrogen) atoms. The maximum absolute atomic E-state index is 14.9. The third kappa shape index (κ3) is 4.93. The van der Waals surface area contributed by atoms with E-state index in [0.717, 1.165) is 49.1 Å². The van der Waals surface area contributed by atoms with E-state index < -0.39 is 11.6 Å². The van der Waals surface area contributed by atoms with Gasteiger partial charge in [0.2, 0.25) is 0 Å². The molecule has 0 spiro atoms. The number of nitrogens with zero attached hydrogens (tertiary/aromatic N) is 3. The molecule has 0 aliphatic carbocycles. The van der Waals surface area contributed by atoms with Gasteiger partial charge in [-0.15, -0.1) is 0 Å². The molecule has 0 saturated carbocycles. The highest BCUT2D eigenvalue weighted by atomic mass is 19.1. The summed E-state index contributed by atoms with van der Waals surface area (Å²) in [7, 11) is 2.65. The van der Waals surface area contributed by atoms with Gasteiger partial charge in [0.1, 0.15) is 11.6 Å². The number of hydrogen-bond donors (Lipinski definition) is 2. The Morgan fingerprint density at radius 2 is 1.58 bits per heavy atom. The van der Waals surface area contributed by atoms with E-state index in [1.54, 1.807) is 24.4 Å². The number of benzene rings is 2. The topological polar surface area (TPSA) is 71.5 Å². The van der Waals surface area contributed by atoms with E-state index in [1.807, 2.05) is 18.3 Å². The SMILES string of the molecule is COc1cc(OC)c(F)c(-c2ccc3cc(Nc4ccc(CN5CCNCC5)cn4)ncc3c2)c1F. The number of hydrogen-bond acceptors (Lipinski definition) is 7. The molecular formula is C27H27F2N5O2. The number of piperazine rings is 1. The zero-order valence-electron chi connectivity index (χ0n) is 20.1. The lowest BCUT2D eigenvalue weighted by molar-refractivity contribution is 0.233. The summed E-state index contributed by atoms with van der Waals surface area (Å²) in [4.78, 5) is 11.4. The van der Waals surface area contributed by atoms with Gasteiger partial charge >= 0.3 is 0 Å². The highest BCUT2D eigenvalue weighted by Crippen LogP contribution is 2.38. The van der Waals surface area contributed by atoms with E-state index in [0.29, 0.717) is 17.2 Å². The summed E-state index contributed by atoms with van der Waals surface area (Å²) in [5.74, 6) is -0.436. The molecule has 9 heteroatoms. The van der Waals surface area contributed by atoms with Gasteiger partial charge in [-0.2, -0.15) is 0 Å². The molecule has 186 valence electrons. The van der Waals surface area contributed by atoms with E-state index in [4.69, 9.17) is 9.47 Å².